The lowest BCUT2D eigenvalue weighted by molar-refractivity contribution is 0.0688. The van der Waals surface area contributed by atoms with Crippen molar-refractivity contribution in [3.8, 4) is 0 Å². The third kappa shape index (κ3) is 3.28. The number of piperazine rings is 1. The number of nitrogens with one attached hydrogen (secondary N) is 1. The fourth-order valence-corrected chi connectivity index (χ4v) is 2.87. The van der Waals surface area contributed by atoms with E-state index in [2.05, 4.69) is 22.6 Å². The molecular weight excluding hydrogens is 294 g/mol. The van der Waals surface area contributed by atoms with Crippen molar-refractivity contribution in [2.24, 2.45) is 0 Å². The van der Waals surface area contributed by atoms with Gasteiger partial charge in [-0.1, -0.05) is 35.5 Å². The molecule has 1 aromatic heterocycles. The van der Waals surface area contributed by atoms with Crippen molar-refractivity contribution in [3.63, 3.8) is 0 Å². The van der Waals surface area contributed by atoms with Gasteiger partial charge in [-0.3, -0.25) is 4.79 Å². The molecule has 2 heterocycles. The van der Waals surface area contributed by atoms with E-state index in [1.54, 1.807) is 14.0 Å². The topological polar surface area (TPSA) is 67.6 Å². The molecule has 0 aliphatic carbocycles. The number of carbonyl (C=O) groups is 1. The quantitative estimate of drug-likeness (QED) is 0.933. The van der Waals surface area contributed by atoms with Crippen LogP contribution < -0.4 is 5.32 Å². The number of ether oxygens (including phenoxy) is 1. The van der Waals surface area contributed by atoms with E-state index in [1.165, 1.54) is 5.56 Å². The maximum atomic E-state index is 12.8. The Kier molecular flexibility index (Phi) is 4.73. The van der Waals surface area contributed by atoms with Gasteiger partial charge in [-0.2, -0.15) is 0 Å². The van der Waals surface area contributed by atoms with Crippen LogP contribution in [0.3, 0.4) is 0 Å². The SMILES string of the molecule is COCc1c(C(=O)N2CCN[C@@H](c3ccccc3)C2)noc1C. The number of hydrogen-bond acceptors (Lipinski definition) is 5. The summed E-state index contributed by atoms with van der Waals surface area (Å²) >= 11 is 0. The molecule has 122 valence electrons. The highest BCUT2D eigenvalue weighted by Crippen LogP contribution is 2.21. The highest BCUT2D eigenvalue weighted by molar-refractivity contribution is 5.94. The molecule has 0 unspecified atom stereocenters. The Morgan fingerprint density at radius 2 is 2.22 bits per heavy atom. The van der Waals surface area contributed by atoms with Gasteiger partial charge in [0, 0.05) is 32.8 Å². The predicted octanol–water partition coefficient (Wildman–Crippen LogP) is 1.92. The number of aryl methyl sites for hydroxylation is 1. The van der Waals surface area contributed by atoms with E-state index in [0.29, 0.717) is 31.2 Å². The molecule has 0 spiro atoms. The van der Waals surface area contributed by atoms with Crippen LogP contribution in [0, 0.1) is 6.92 Å². The smallest absolute Gasteiger partial charge is 0.276 e. The van der Waals surface area contributed by atoms with Crippen molar-refractivity contribution >= 4 is 5.91 Å². The third-order valence-corrected chi connectivity index (χ3v) is 4.14. The van der Waals surface area contributed by atoms with Crippen LogP contribution in [0.15, 0.2) is 34.9 Å². The molecule has 1 N–H and O–H groups in total. The largest absolute Gasteiger partial charge is 0.380 e. The van der Waals surface area contributed by atoms with E-state index >= 15 is 0 Å². The first kappa shape index (κ1) is 15.7. The average molecular weight is 315 g/mol. The Bertz CT molecular complexity index is 669. The van der Waals surface area contributed by atoms with Crippen molar-refractivity contribution in [1.29, 1.82) is 0 Å². The fraction of sp³-hybridized carbons (Fsp3) is 0.412. The number of hydrogen-bond donors (Lipinski definition) is 1. The number of nitrogens with zero attached hydrogens (tertiary/aromatic N) is 2. The summed E-state index contributed by atoms with van der Waals surface area (Å²) in [7, 11) is 1.59. The highest BCUT2D eigenvalue weighted by atomic mass is 16.5. The molecule has 1 amide bonds. The summed E-state index contributed by atoms with van der Waals surface area (Å²) in [6, 6.07) is 10.3. The number of amides is 1. The molecular formula is C17H21N3O3. The number of aromatic nitrogens is 1. The summed E-state index contributed by atoms with van der Waals surface area (Å²) < 4.78 is 10.3. The Morgan fingerprint density at radius 1 is 1.43 bits per heavy atom. The minimum absolute atomic E-state index is 0.101. The first-order valence-corrected chi connectivity index (χ1v) is 7.72. The standard InChI is InChI=1S/C17H21N3O3/c1-12-14(11-22-2)16(19-23-12)17(21)20-9-8-18-15(10-20)13-6-4-3-5-7-13/h3-7,15,18H,8-11H2,1-2H3/t15-/m1/s1. The molecule has 0 bridgehead atoms. The van der Waals surface area contributed by atoms with Crippen LogP contribution in [-0.4, -0.2) is 42.7 Å². The van der Waals surface area contributed by atoms with Gasteiger partial charge in [0.15, 0.2) is 5.69 Å². The summed E-state index contributed by atoms with van der Waals surface area (Å²) in [6.07, 6.45) is 0. The molecule has 3 rings (SSSR count). The molecule has 0 radical (unpaired) electrons. The summed E-state index contributed by atoms with van der Waals surface area (Å²) in [5.74, 6) is 0.529. The van der Waals surface area contributed by atoms with Gasteiger partial charge in [-0.05, 0) is 12.5 Å². The fourth-order valence-electron chi connectivity index (χ4n) is 2.87. The second kappa shape index (κ2) is 6.93. The van der Waals surface area contributed by atoms with Crippen LogP contribution in [0.1, 0.15) is 33.4 Å². The summed E-state index contributed by atoms with van der Waals surface area (Å²) in [5, 5.41) is 7.39. The molecule has 1 saturated heterocycles. The minimum atomic E-state index is -0.101. The Labute approximate surface area is 135 Å². The number of methoxy groups -OCH3 is 1. The van der Waals surface area contributed by atoms with Gasteiger partial charge < -0.3 is 19.5 Å². The lowest BCUT2D eigenvalue weighted by atomic mass is 10.0. The third-order valence-electron chi connectivity index (χ3n) is 4.14. The van der Waals surface area contributed by atoms with Crippen LogP contribution in [0.5, 0.6) is 0 Å². The van der Waals surface area contributed by atoms with E-state index in [1.807, 2.05) is 23.1 Å². The number of rotatable bonds is 4. The summed E-state index contributed by atoms with van der Waals surface area (Å²) in [6.45, 7) is 4.14. The molecule has 2 aromatic rings. The van der Waals surface area contributed by atoms with E-state index in [-0.39, 0.29) is 11.9 Å². The Morgan fingerprint density at radius 3 is 2.96 bits per heavy atom. The molecule has 1 aliphatic rings. The molecule has 23 heavy (non-hydrogen) atoms. The lowest BCUT2D eigenvalue weighted by Crippen LogP contribution is -2.48. The minimum Gasteiger partial charge on any atom is -0.380 e. The van der Waals surface area contributed by atoms with E-state index in [0.717, 1.165) is 12.1 Å². The molecule has 6 nitrogen and oxygen atoms in total. The van der Waals surface area contributed by atoms with Gasteiger partial charge in [-0.15, -0.1) is 0 Å². The first-order valence-electron chi connectivity index (χ1n) is 7.72. The van der Waals surface area contributed by atoms with Crippen LogP contribution in [-0.2, 0) is 11.3 Å². The second-order valence-corrected chi connectivity index (χ2v) is 5.67. The summed E-state index contributed by atoms with van der Waals surface area (Å²) in [4.78, 5) is 14.6. The van der Waals surface area contributed by atoms with Gasteiger partial charge in [0.25, 0.3) is 5.91 Å². The van der Waals surface area contributed by atoms with E-state index < -0.39 is 0 Å². The maximum Gasteiger partial charge on any atom is 0.276 e. The second-order valence-electron chi connectivity index (χ2n) is 5.67. The number of benzene rings is 1. The number of carbonyl (C=O) groups excluding carboxylic acids is 1. The molecule has 1 atom stereocenters. The lowest BCUT2D eigenvalue weighted by Gasteiger charge is -2.33. The highest BCUT2D eigenvalue weighted by Gasteiger charge is 2.29. The van der Waals surface area contributed by atoms with Gasteiger partial charge >= 0.3 is 0 Å². The van der Waals surface area contributed by atoms with Crippen LogP contribution in [0.25, 0.3) is 0 Å². The normalized spacial score (nSPS) is 18.2. The Balaban J connectivity index is 1.77. The zero-order valence-electron chi connectivity index (χ0n) is 13.4. The molecule has 1 aromatic carbocycles. The molecule has 1 fully saturated rings. The van der Waals surface area contributed by atoms with Gasteiger partial charge in [0.2, 0.25) is 0 Å². The van der Waals surface area contributed by atoms with Crippen molar-refractivity contribution in [2.45, 2.75) is 19.6 Å². The van der Waals surface area contributed by atoms with Gasteiger partial charge in [0.1, 0.15) is 5.76 Å². The van der Waals surface area contributed by atoms with Crippen LogP contribution in [0.2, 0.25) is 0 Å². The van der Waals surface area contributed by atoms with Crippen LogP contribution >= 0.6 is 0 Å². The van der Waals surface area contributed by atoms with Crippen LogP contribution in [0.4, 0.5) is 0 Å². The van der Waals surface area contributed by atoms with Gasteiger partial charge in [0.05, 0.1) is 12.2 Å². The monoisotopic (exact) mass is 315 g/mol. The van der Waals surface area contributed by atoms with Crippen molar-refractivity contribution < 1.29 is 14.1 Å². The van der Waals surface area contributed by atoms with Crippen molar-refractivity contribution in [1.82, 2.24) is 15.4 Å². The van der Waals surface area contributed by atoms with E-state index in [9.17, 15) is 4.79 Å². The van der Waals surface area contributed by atoms with E-state index in [4.69, 9.17) is 9.26 Å². The zero-order chi connectivity index (χ0) is 16.2. The van der Waals surface area contributed by atoms with Crippen molar-refractivity contribution in [3.05, 3.63) is 52.9 Å². The van der Waals surface area contributed by atoms with Crippen molar-refractivity contribution in [2.75, 3.05) is 26.7 Å². The predicted molar refractivity (Wildman–Crippen MR) is 85.0 cm³/mol. The molecule has 1 aliphatic heterocycles. The average Bonchev–Trinajstić information content (AvgIpc) is 2.96. The molecule has 0 saturated carbocycles. The van der Waals surface area contributed by atoms with Gasteiger partial charge in [-0.25, -0.2) is 0 Å². The molecule has 6 heteroatoms. The maximum absolute atomic E-state index is 12.8. The zero-order valence-corrected chi connectivity index (χ0v) is 13.4. The Hall–Kier alpha value is -2.18. The summed E-state index contributed by atoms with van der Waals surface area (Å²) in [5.41, 5.74) is 2.27. The first-order chi connectivity index (χ1) is 11.2.